The number of aliphatic imine (C=N–C) groups is 1. The van der Waals surface area contributed by atoms with E-state index in [2.05, 4.69) is 34.3 Å². The summed E-state index contributed by atoms with van der Waals surface area (Å²) in [7, 11) is 2.09. The van der Waals surface area contributed by atoms with E-state index in [0.29, 0.717) is 5.92 Å². The maximum absolute atomic E-state index is 5.43. The highest BCUT2D eigenvalue weighted by molar-refractivity contribution is 5.79. The summed E-state index contributed by atoms with van der Waals surface area (Å²) in [6.07, 6.45) is 4.90. The van der Waals surface area contributed by atoms with E-state index in [1.54, 1.807) is 6.20 Å². The highest BCUT2D eigenvalue weighted by atomic mass is 16.5. The zero-order valence-electron chi connectivity index (χ0n) is 12.5. The molecule has 0 aliphatic carbocycles. The smallest absolute Gasteiger partial charge is 0.193 e. The lowest BCUT2D eigenvalue weighted by molar-refractivity contribution is 0.181. The predicted molar refractivity (Wildman–Crippen MR) is 79.8 cm³/mol. The van der Waals surface area contributed by atoms with E-state index in [0.717, 1.165) is 51.8 Å². The fraction of sp³-hybridized carbons (Fsp3) is 0.714. The third-order valence-electron chi connectivity index (χ3n) is 3.40. The number of ether oxygens (including phenoxy) is 1. The minimum Gasteiger partial charge on any atom is -0.381 e. The Labute approximate surface area is 120 Å². The summed E-state index contributed by atoms with van der Waals surface area (Å²) in [5, 5.41) is 7.53. The second-order valence-corrected chi connectivity index (χ2v) is 5.11. The van der Waals surface area contributed by atoms with Gasteiger partial charge >= 0.3 is 0 Å². The Hall–Kier alpha value is -1.56. The average molecular weight is 279 g/mol. The molecule has 1 atom stereocenters. The van der Waals surface area contributed by atoms with Gasteiger partial charge in [-0.2, -0.15) is 5.10 Å². The standard InChI is InChI=1S/C14H25N5O/c1-3-15-14(16-7-9-19-8-4-6-17-19)18(2)11-13-5-10-20-12-13/h4,6,8,13H,3,5,7,9-12H2,1-2H3,(H,15,16). The van der Waals surface area contributed by atoms with Crippen molar-refractivity contribution in [1.29, 1.82) is 0 Å². The molecule has 0 radical (unpaired) electrons. The van der Waals surface area contributed by atoms with Crippen LogP contribution in [0.2, 0.25) is 0 Å². The largest absolute Gasteiger partial charge is 0.381 e. The molecule has 2 rings (SSSR count). The molecule has 1 saturated heterocycles. The van der Waals surface area contributed by atoms with Crippen LogP contribution in [0.15, 0.2) is 23.5 Å². The SMILES string of the molecule is CCNC(=NCCn1cccn1)N(C)CC1CCOC1. The van der Waals surface area contributed by atoms with Crippen LogP contribution in [0.3, 0.4) is 0 Å². The Kier molecular flexibility index (Phi) is 5.86. The molecule has 0 aromatic carbocycles. The molecule has 20 heavy (non-hydrogen) atoms. The number of nitrogens with zero attached hydrogens (tertiary/aromatic N) is 4. The molecule has 6 nitrogen and oxygen atoms in total. The molecule has 0 bridgehead atoms. The first kappa shape index (κ1) is 14.8. The van der Waals surface area contributed by atoms with Crippen molar-refractivity contribution >= 4 is 5.96 Å². The van der Waals surface area contributed by atoms with Crippen LogP contribution in [0, 0.1) is 5.92 Å². The van der Waals surface area contributed by atoms with Crippen LogP contribution < -0.4 is 5.32 Å². The van der Waals surface area contributed by atoms with Crippen molar-refractivity contribution in [2.45, 2.75) is 19.9 Å². The molecular weight excluding hydrogens is 254 g/mol. The van der Waals surface area contributed by atoms with Crippen LogP contribution in [0.1, 0.15) is 13.3 Å². The van der Waals surface area contributed by atoms with Crippen molar-refractivity contribution in [1.82, 2.24) is 20.0 Å². The molecule has 1 unspecified atom stereocenters. The zero-order valence-corrected chi connectivity index (χ0v) is 12.5. The van der Waals surface area contributed by atoms with Gasteiger partial charge in [0.1, 0.15) is 0 Å². The summed E-state index contributed by atoms with van der Waals surface area (Å²) in [6.45, 7) is 7.27. The van der Waals surface area contributed by atoms with E-state index in [4.69, 9.17) is 4.74 Å². The Morgan fingerprint density at radius 2 is 2.50 bits per heavy atom. The topological polar surface area (TPSA) is 54.7 Å². The Bertz CT molecular complexity index is 398. The summed E-state index contributed by atoms with van der Waals surface area (Å²) in [6, 6.07) is 1.93. The maximum Gasteiger partial charge on any atom is 0.193 e. The second kappa shape index (κ2) is 7.89. The highest BCUT2D eigenvalue weighted by Gasteiger charge is 2.18. The fourth-order valence-corrected chi connectivity index (χ4v) is 2.36. The molecule has 0 spiro atoms. The van der Waals surface area contributed by atoms with Gasteiger partial charge in [-0.1, -0.05) is 0 Å². The summed E-state index contributed by atoms with van der Waals surface area (Å²) in [5.74, 6) is 1.58. The van der Waals surface area contributed by atoms with Crippen LogP contribution in [0.4, 0.5) is 0 Å². The molecule has 1 aromatic heterocycles. The summed E-state index contributed by atoms with van der Waals surface area (Å²) >= 11 is 0. The molecule has 1 N–H and O–H groups in total. The maximum atomic E-state index is 5.43. The average Bonchev–Trinajstić information content (AvgIpc) is 3.10. The highest BCUT2D eigenvalue weighted by Crippen LogP contribution is 2.13. The van der Waals surface area contributed by atoms with Gasteiger partial charge in [0.2, 0.25) is 0 Å². The van der Waals surface area contributed by atoms with Crippen molar-refractivity contribution < 1.29 is 4.74 Å². The molecule has 1 aliphatic heterocycles. The number of aromatic nitrogens is 2. The molecule has 1 fully saturated rings. The van der Waals surface area contributed by atoms with E-state index in [9.17, 15) is 0 Å². The van der Waals surface area contributed by atoms with Crippen molar-refractivity contribution in [3.05, 3.63) is 18.5 Å². The number of hydrogen-bond acceptors (Lipinski definition) is 3. The van der Waals surface area contributed by atoms with Gasteiger partial charge in [-0.15, -0.1) is 0 Å². The van der Waals surface area contributed by atoms with Crippen LogP contribution in [-0.4, -0.2) is 60.5 Å². The van der Waals surface area contributed by atoms with Gasteiger partial charge < -0.3 is 15.0 Å². The van der Waals surface area contributed by atoms with Crippen LogP contribution in [-0.2, 0) is 11.3 Å². The molecule has 2 heterocycles. The number of nitrogens with one attached hydrogen (secondary N) is 1. The van der Waals surface area contributed by atoms with Gasteiger partial charge in [0.25, 0.3) is 0 Å². The third-order valence-corrected chi connectivity index (χ3v) is 3.40. The number of hydrogen-bond donors (Lipinski definition) is 1. The fourth-order valence-electron chi connectivity index (χ4n) is 2.36. The Balaban J connectivity index is 1.83. The summed E-state index contributed by atoms with van der Waals surface area (Å²) in [5.41, 5.74) is 0. The lowest BCUT2D eigenvalue weighted by Crippen LogP contribution is -2.41. The molecule has 1 aliphatic rings. The van der Waals surface area contributed by atoms with Crippen molar-refractivity contribution in [3.63, 3.8) is 0 Å². The minimum absolute atomic E-state index is 0.620. The summed E-state index contributed by atoms with van der Waals surface area (Å²) in [4.78, 5) is 6.86. The molecule has 0 amide bonds. The first-order chi connectivity index (χ1) is 9.79. The van der Waals surface area contributed by atoms with Gasteiger partial charge in [-0.3, -0.25) is 9.67 Å². The van der Waals surface area contributed by atoms with Crippen LogP contribution in [0.25, 0.3) is 0 Å². The zero-order chi connectivity index (χ0) is 14.2. The Morgan fingerprint density at radius 3 is 3.15 bits per heavy atom. The first-order valence-corrected chi connectivity index (χ1v) is 7.34. The monoisotopic (exact) mass is 279 g/mol. The van der Waals surface area contributed by atoms with Gasteiger partial charge in [-0.25, -0.2) is 0 Å². The lowest BCUT2D eigenvalue weighted by atomic mass is 10.1. The van der Waals surface area contributed by atoms with E-state index >= 15 is 0 Å². The molecule has 112 valence electrons. The van der Waals surface area contributed by atoms with Gasteiger partial charge in [-0.05, 0) is 19.4 Å². The van der Waals surface area contributed by atoms with Gasteiger partial charge in [0.15, 0.2) is 5.96 Å². The molecular formula is C14H25N5O. The molecule has 6 heteroatoms. The van der Waals surface area contributed by atoms with E-state index in [-0.39, 0.29) is 0 Å². The Morgan fingerprint density at radius 1 is 1.60 bits per heavy atom. The van der Waals surface area contributed by atoms with Crippen molar-refractivity contribution in [2.75, 3.05) is 39.9 Å². The van der Waals surface area contributed by atoms with E-state index < -0.39 is 0 Å². The minimum atomic E-state index is 0.620. The lowest BCUT2D eigenvalue weighted by Gasteiger charge is -2.24. The number of guanidine groups is 1. The van der Waals surface area contributed by atoms with Crippen molar-refractivity contribution in [2.24, 2.45) is 10.9 Å². The van der Waals surface area contributed by atoms with Crippen LogP contribution >= 0.6 is 0 Å². The van der Waals surface area contributed by atoms with Crippen LogP contribution in [0.5, 0.6) is 0 Å². The number of rotatable bonds is 6. The quantitative estimate of drug-likeness (QED) is 0.619. The van der Waals surface area contributed by atoms with Gasteiger partial charge in [0, 0.05) is 45.1 Å². The molecule has 0 saturated carbocycles. The van der Waals surface area contributed by atoms with Crippen molar-refractivity contribution in [3.8, 4) is 0 Å². The van der Waals surface area contributed by atoms with E-state index in [1.165, 1.54) is 0 Å². The second-order valence-electron chi connectivity index (χ2n) is 5.11. The van der Waals surface area contributed by atoms with E-state index in [1.807, 2.05) is 16.9 Å². The first-order valence-electron chi connectivity index (χ1n) is 7.34. The third kappa shape index (κ3) is 4.52. The summed E-state index contributed by atoms with van der Waals surface area (Å²) < 4.78 is 7.33. The van der Waals surface area contributed by atoms with Gasteiger partial charge in [0.05, 0.1) is 19.7 Å². The molecule has 1 aromatic rings. The predicted octanol–water partition coefficient (Wildman–Crippen LogP) is 0.817. The normalized spacial score (nSPS) is 19.3.